The zero-order chi connectivity index (χ0) is 6.69. The molecule has 0 spiro atoms. The average Bonchev–Trinajstić information content (AvgIpc) is 1.89. The summed E-state index contributed by atoms with van der Waals surface area (Å²) in [5.41, 5.74) is 0. The molecule has 3 nitrogen and oxygen atoms in total. The largest absolute Gasteiger partial charge is 0.390 e. The van der Waals surface area contributed by atoms with Crippen molar-refractivity contribution in [1.29, 1.82) is 0 Å². The normalized spacial score (nSPS) is 36.7. The standard InChI is InChI=1S/C6H13NO2/c1-9-6-4-7-3-2-5(6)8/h5-8H,2-4H2,1H3. The fraction of sp³-hybridized carbons (Fsp3) is 1.00. The molecule has 0 radical (unpaired) electrons. The van der Waals surface area contributed by atoms with Crippen molar-refractivity contribution in [3.8, 4) is 0 Å². The van der Waals surface area contributed by atoms with Gasteiger partial charge in [0.05, 0.1) is 12.2 Å². The third-order valence-corrected chi connectivity index (χ3v) is 1.69. The number of aliphatic hydroxyl groups excluding tert-OH is 1. The number of rotatable bonds is 1. The van der Waals surface area contributed by atoms with Crippen LogP contribution in [-0.4, -0.2) is 37.5 Å². The van der Waals surface area contributed by atoms with E-state index in [9.17, 15) is 5.11 Å². The zero-order valence-corrected chi connectivity index (χ0v) is 5.63. The van der Waals surface area contributed by atoms with Crippen molar-refractivity contribution < 1.29 is 9.84 Å². The van der Waals surface area contributed by atoms with Crippen molar-refractivity contribution >= 4 is 0 Å². The van der Waals surface area contributed by atoms with E-state index in [4.69, 9.17) is 4.74 Å². The Labute approximate surface area is 55.0 Å². The van der Waals surface area contributed by atoms with Gasteiger partial charge in [0.25, 0.3) is 0 Å². The van der Waals surface area contributed by atoms with Gasteiger partial charge in [-0.25, -0.2) is 0 Å². The van der Waals surface area contributed by atoms with Gasteiger partial charge in [0.15, 0.2) is 0 Å². The summed E-state index contributed by atoms with van der Waals surface area (Å²) in [5, 5.41) is 12.3. The van der Waals surface area contributed by atoms with Crippen LogP contribution in [0.2, 0.25) is 0 Å². The third-order valence-electron chi connectivity index (χ3n) is 1.69. The second kappa shape index (κ2) is 3.15. The number of hydrogen-bond donors (Lipinski definition) is 2. The number of nitrogens with one attached hydrogen (secondary N) is 1. The Morgan fingerprint density at radius 3 is 2.89 bits per heavy atom. The van der Waals surface area contributed by atoms with Crippen molar-refractivity contribution in [2.24, 2.45) is 0 Å². The molecule has 0 aliphatic carbocycles. The Hall–Kier alpha value is -0.120. The van der Waals surface area contributed by atoms with E-state index >= 15 is 0 Å². The van der Waals surface area contributed by atoms with Gasteiger partial charge in [-0.1, -0.05) is 0 Å². The van der Waals surface area contributed by atoms with Crippen molar-refractivity contribution in [2.45, 2.75) is 18.6 Å². The van der Waals surface area contributed by atoms with Gasteiger partial charge in [-0.15, -0.1) is 0 Å². The van der Waals surface area contributed by atoms with Gasteiger partial charge in [0.2, 0.25) is 0 Å². The van der Waals surface area contributed by atoms with Gasteiger partial charge in [-0.2, -0.15) is 0 Å². The highest BCUT2D eigenvalue weighted by atomic mass is 16.5. The van der Waals surface area contributed by atoms with Crippen LogP contribution in [0.15, 0.2) is 0 Å². The van der Waals surface area contributed by atoms with Crippen LogP contribution in [0.4, 0.5) is 0 Å². The minimum Gasteiger partial charge on any atom is -0.390 e. The molecule has 0 aromatic carbocycles. The van der Waals surface area contributed by atoms with Crippen molar-refractivity contribution in [2.75, 3.05) is 20.2 Å². The first-order valence-corrected chi connectivity index (χ1v) is 3.26. The molecule has 0 saturated carbocycles. The molecule has 9 heavy (non-hydrogen) atoms. The summed E-state index contributed by atoms with van der Waals surface area (Å²) in [6.07, 6.45) is 0.536. The molecule has 1 aliphatic rings. The van der Waals surface area contributed by atoms with E-state index in [-0.39, 0.29) is 12.2 Å². The average molecular weight is 131 g/mol. The van der Waals surface area contributed by atoms with Crippen LogP contribution in [-0.2, 0) is 4.74 Å². The topological polar surface area (TPSA) is 41.5 Å². The molecule has 1 saturated heterocycles. The van der Waals surface area contributed by atoms with Crippen molar-refractivity contribution in [3.63, 3.8) is 0 Å². The smallest absolute Gasteiger partial charge is 0.0954 e. The van der Waals surface area contributed by atoms with Crippen molar-refractivity contribution in [1.82, 2.24) is 5.32 Å². The van der Waals surface area contributed by atoms with E-state index in [2.05, 4.69) is 5.32 Å². The summed E-state index contributed by atoms with van der Waals surface area (Å²) in [7, 11) is 1.63. The Kier molecular flexibility index (Phi) is 2.45. The maximum Gasteiger partial charge on any atom is 0.0954 e. The lowest BCUT2D eigenvalue weighted by Gasteiger charge is -2.26. The first-order valence-electron chi connectivity index (χ1n) is 3.26. The van der Waals surface area contributed by atoms with E-state index in [1.807, 2.05) is 0 Å². The molecule has 1 fully saturated rings. The highest BCUT2D eigenvalue weighted by molar-refractivity contribution is 4.76. The highest BCUT2D eigenvalue weighted by Crippen LogP contribution is 2.05. The molecule has 3 heteroatoms. The molecular formula is C6H13NO2. The summed E-state index contributed by atoms with van der Waals surface area (Å²) in [5.74, 6) is 0. The number of hydrogen-bond acceptors (Lipinski definition) is 3. The lowest BCUT2D eigenvalue weighted by molar-refractivity contribution is -0.0273. The first-order chi connectivity index (χ1) is 4.34. The molecule has 1 heterocycles. The molecule has 1 aliphatic heterocycles. The maximum absolute atomic E-state index is 9.20. The molecule has 54 valence electrons. The minimum absolute atomic E-state index is 0.00116. The second-order valence-electron chi connectivity index (χ2n) is 2.33. The minimum atomic E-state index is -0.267. The Balaban J connectivity index is 2.30. The van der Waals surface area contributed by atoms with Crippen LogP contribution < -0.4 is 5.32 Å². The predicted octanol–water partition coefficient (Wildman–Crippen LogP) is -0.644. The molecule has 2 atom stereocenters. The van der Waals surface area contributed by atoms with Crippen LogP contribution in [0.3, 0.4) is 0 Å². The van der Waals surface area contributed by atoms with E-state index < -0.39 is 0 Å². The quantitative estimate of drug-likeness (QED) is 0.497. The summed E-state index contributed by atoms with van der Waals surface area (Å²) in [6, 6.07) is 0. The van der Waals surface area contributed by atoms with E-state index in [1.54, 1.807) is 7.11 Å². The maximum atomic E-state index is 9.20. The van der Waals surface area contributed by atoms with Gasteiger partial charge < -0.3 is 15.2 Å². The van der Waals surface area contributed by atoms with Crippen molar-refractivity contribution in [3.05, 3.63) is 0 Å². The van der Waals surface area contributed by atoms with Gasteiger partial charge >= 0.3 is 0 Å². The molecule has 2 unspecified atom stereocenters. The summed E-state index contributed by atoms with van der Waals surface area (Å²) in [6.45, 7) is 1.68. The number of aliphatic hydroxyl groups is 1. The zero-order valence-electron chi connectivity index (χ0n) is 5.63. The molecule has 0 aromatic heterocycles. The molecule has 0 bridgehead atoms. The lowest BCUT2D eigenvalue weighted by Crippen LogP contribution is -2.44. The summed E-state index contributed by atoms with van der Waals surface area (Å²) in [4.78, 5) is 0. The third kappa shape index (κ3) is 1.64. The number of ether oxygens (including phenoxy) is 1. The van der Waals surface area contributed by atoms with Gasteiger partial charge in [0, 0.05) is 13.7 Å². The van der Waals surface area contributed by atoms with E-state index in [1.165, 1.54) is 0 Å². The lowest BCUT2D eigenvalue weighted by atomic mass is 10.1. The van der Waals surface area contributed by atoms with E-state index in [0.717, 1.165) is 19.5 Å². The highest BCUT2D eigenvalue weighted by Gasteiger charge is 2.21. The van der Waals surface area contributed by atoms with E-state index in [0.29, 0.717) is 0 Å². The van der Waals surface area contributed by atoms with Gasteiger partial charge in [-0.05, 0) is 13.0 Å². The molecule has 1 rings (SSSR count). The first kappa shape index (κ1) is 6.99. The van der Waals surface area contributed by atoms with Crippen LogP contribution in [0, 0.1) is 0 Å². The Bertz CT molecular complexity index is 87.1. The molecule has 0 amide bonds. The van der Waals surface area contributed by atoms with Crippen LogP contribution >= 0.6 is 0 Å². The van der Waals surface area contributed by atoms with Gasteiger partial charge in [0.1, 0.15) is 0 Å². The van der Waals surface area contributed by atoms with Gasteiger partial charge in [-0.3, -0.25) is 0 Å². The SMILES string of the molecule is COC1CNCCC1O. The predicted molar refractivity (Wildman–Crippen MR) is 34.3 cm³/mol. The molecule has 0 aromatic rings. The fourth-order valence-corrected chi connectivity index (χ4v) is 1.06. The number of piperidine rings is 1. The van der Waals surface area contributed by atoms with Crippen LogP contribution in [0.25, 0.3) is 0 Å². The summed E-state index contributed by atoms with van der Waals surface area (Å²) >= 11 is 0. The van der Waals surface area contributed by atoms with Crippen LogP contribution in [0.1, 0.15) is 6.42 Å². The second-order valence-corrected chi connectivity index (χ2v) is 2.33. The fourth-order valence-electron chi connectivity index (χ4n) is 1.06. The molecular weight excluding hydrogens is 118 g/mol. The number of methoxy groups -OCH3 is 1. The molecule has 2 N–H and O–H groups in total. The summed E-state index contributed by atoms with van der Waals surface area (Å²) < 4.78 is 4.99. The monoisotopic (exact) mass is 131 g/mol. The Morgan fingerprint density at radius 2 is 2.44 bits per heavy atom. The van der Waals surface area contributed by atoms with Crippen LogP contribution in [0.5, 0.6) is 0 Å². The Morgan fingerprint density at radius 1 is 1.67 bits per heavy atom.